The molecule has 1 heterocycles. The van der Waals surface area contributed by atoms with Crippen LogP contribution < -0.4 is 4.90 Å². The molecule has 11 aromatic carbocycles. The number of benzene rings is 11. The van der Waals surface area contributed by atoms with Gasteiger partial charge < -0.3 is 9.47 Å². The fourth-order valence-electron chi connectivity index (χ4n) is 9.83. The van der Waals surface area contributed by atoms with Gasteiger partial charge in [0.2, 0.25) is 0 Å². The van der Waals surface area contributed by atoms with Crippen molar-refractivity contribution >= 4 is 60.4 Å². The zero-order valence-electron chi connectivity index (χ0n) is 35.1. The summed E-state index contributed by atoms with van der Waals surface area (Å²) in [5.74, 6) is 0. The predicted molar refractivity (Wildman–Crippen MR) is 272 cm³/mol. The third-order valence-corrected chi connectivity index (χ3v) is 12.8. The summed E-state index contributed by atoms with van der Waals surface area (Å²) >= 11 is 0. The first kappa shape index (κ1) is 37.3. The van der Waals surface area contributed by atoms with Gasteiger partial charge >= 0.3 is 0 Å². The molecule has 0 aliphatic heterocycles. The highest BCUT2D eigenvalue weighted by Crippen LogP contribution is 2.48. The molecule has 0 saturated heterocycles. The predicted octanol–water partition coefficient (Wildman–Crippen LogP) is 17.2. The van der Waals surface area contributed by atoms with Gasteiger partial charge in [-0.15, -0.1) is 0 Å². The molecule has 0 N–H and O–H groups in total. The molecule has 0 fully saturated rings. The Morgan fingerprint density at radius 1 is 0.281 bits per heavy atom. The van der Waals surface area contributed by atoms with E-state index in [-0.39, 0.29) is 0 Å². The first-order chi connectivity index (χ1) is 31.8. The molecule has 12 aromatic rings. The van der Waals surface area contributed by atoms with E-state index in [4.69, 9.17) is 0 Å². The summed E-state index contributed by atoms with van der Waals surface area (Å²) in [5.41, 5.74) is 16.2. The Labute approximate surface area is 373 Å². The summed E-state index contributed by atoms with van der Waals surface area (Å²) < 4.78 is 2.39. The molecule has 64 heavy (non-hydrogen) atoms. The van der Waals surface area contributed by atoms with Gasteiger partial charge in [0.05, 0.1) is 16.7 Å². The van der Waals surface area contributed by atoms with Crippen LogP contribution in [-0.2, 0) is 0 Å². The lowest BCUT2D eigenvalue weighted by Gasteiger charge is -2.30. The topological polar surface area (TPSA) is 8.17 Å². The molecular weight excluding hydrogens is 773 g/mol. The molecule has 0 saturated carbocycles. The van der Waals surface area contributed by atoms with Crippen molar-refractivity contribution in [3.05, 3.63) is 255 Å². The average molecular weight is 815 g/mol. The number of fused-ring (bicyclic) bond motifs is 6. The molecule has 2 nitrogen and oxygen atoms in total. The smallest absolute Gasteiger partial charge is 0.0546 e. The van der Waals surface area contributed by atoms with Crippen molar-refractivity contribution in [2.24, 2.45) is 0 Å². The van der Waals surface area contributed by atoms with E-state index in [1.165, 1.54) is 82.3 Å². The Hall–Kier alpha value is -8.46. The third-order valence-electron chi connectivity index (χ3n) is 12.8. The standard InChI is InChI=1S/C62H42N2/c1-3-17-43(18-4-1)45-33-35-49(36-34-45)63(50-37-39-51(40-38-50)64-59-30-13-11-27-55(59)56-28-12-14-31-60(56)64)61-32-16-29-57(62(61)48-23-15-22-46(41-48)44-19-5-2-6-20-44)58-42-47-21-7-8-24-52(47)53-25-9-10-26-54(53)58/h1-42H. The quantitative estimate of drug-likeness (QED) is 0.139. The SMILES string of the molecule is c1ccc(-c2ccc(N(c3ccc(-n4c5ccccc5c5ccccc54)cc3)c3cccc(-c4cc5ccccc5c5ccccc45)c3-c3cccc(-c4ccccc4)c3)cc2)cc1. The van der Waals surface area contributed by atoms with E-state index in [2.05, 4.69) is 264 Å². The second-order valence-corrected chi connectivity index (χ2v) is 16.5. The van der Waals surface area contributed by atoms with Crippen LogP contribution in [0.4, 0.5) is 17.1 Å². The molecule has 12 rings (SSSR count). The van der Waals surface area contributed by atoms with Crippen LogP contribution in [0.2, 0.25) is 0 Å². The number of para-hydroxylation sites is 2. The summed E-state index contributed by atoms with van der Waals surface area (Å²) in [5, 5.41) is 7.46. The van der Waals surface area contributed by atoms with Crippen molar-refractivity contribution in [1.82, 2.24) is 4.57 Å². The minimum absolute atomic E-state index is 1.07. The highest BCUT2D eigenvalue weighted by Gasteiger charge is 2.23. The molecule has 0 aliphatic rings. The van der Waals surface area contributed by atoms with Crippen molar-refractivity contribution in [3.8, 4) is 50.2 Å². The van der Waals surface area contributed by atoms with Crippen molar-refractivity contribution < 1.29 is 0 Å². The van der Waals surface area contributed by atoms with Gasteiger partial charge in [0.15, 0.2) is 0 Å². The van der Waals surface area contributed by atoms with Crippen LogP contribution in [0.25, 0.3) is 93.5 Å². The number of anilines is 3. The number of aromatic nitrogens is 1. The van der Waals surface area contributed by atoms with Crippen LogP contribution in [0.3, 0.4) is 0 Å². The maximum absolute atomic E-state index is 2.45. The molecule has 2 heteroatoms. The van der Waals surface area contributed by atoms with Crippen LogP contribution in [0, 0.1) is 0 Å². The molecule has 0 spiro atoms. The van der Waals surface area contributed by atoms with Crippen LogP contribution in [0.15, 0.2) is 255 Å². The van der Waals surface area contributed by atoms with Gasteiger partial charge in [-0.25, -0.2) is 0 Å². The van der Waals surface area contributed by atoms with E-state index in [0.29, 0.717) is 0 Å². The first-order valence-corrected chi connectivity index (χ1v) is 22.0. The fourth-order valence-corrected chi connectivity index (χ4v) is 9.83. The second-order valence-electron chi connectivity index (χ2n) is 16.5. The Kier molecular flexibility index (Phi) is 9.20. The van der Waals surface area contributed by atoms with Crippen molar-refractivity contribution in [1.29, 1.82) is 0 Å². The maximum atomic E-state index is 2.45. The van der Waals surface area contributed by atoms with Crippen LogP contribution in [0.1, 0.15) is 0 Å². The number of hydrogen-bond donors (Lipinski definition) is 0. The van der Waals surface area contributed by atoms with E-state index in [9.17, 15) is 0 Å². The van der Waals surface area contributed by atoms with Crippen molar-refractivity contribution in [3.63, 3.8) is 0 Å². The summed E-state index contributed by atoms with van der Waals surface area (Å²) in [4.78, 5) is 2.45. The molecule has 0 atom stereocenters. The van der Waals surface area contributed by atoms with Gasteiger partial charge in [-0.05, 0) is 127 Å². The van der Waals surface area contributed by atoms with Crippen LogP contribution >= 0.6 is 0 Å². The Morgan fingerprint density at radius 2 is 0.766 bits per heavy atom. The van der Waals surface area contributed by atoms with E-state index in [0.717, 1.165) is 28.3 Å². The minimum Gasteiger partial charge on any atom is -0.310 e. The van der Waals surface area contributed by atoms with Gasteiger partial charge in [0, 0.05) is 33.4 Å². The van der Waals surface area contributed by atoms with Gasteiger partial charge in [-0.2, -0.15) is 0 Å². The molecule has 300 valence electrons. The van der Waals surface area contributed by atoms with Crippen LogP contribution in [-0.4, -0.2) is 4.57 Å². The highest BCUT2D eigenvalue weighted by molar-refractivity contribution is 6.16. The Morgan fingerprint density at radius 3 is 1.44 bits per heavy atom. The zero-order chi connectivity index (χ0) is 42.4. The molecular formula is C62H42N2. The van der Waals surface area contributed by atoms with Crippen LogP contribution in [0.5, 0.6) is 0 Å². The lowest BCUT2D eigenvalue weighted by molar-refractivity contribution is 1.17. The number of nitrogens with zero attached hydrogens (tertiary/aromatic N) is 2. The molecule has 1 aromatic heterocycles. The van der Waals surface area contributed by atoms with E-state index in [1.807, 2.05) is 0 Å². The zero-order valence-corrected chi connectivity index (χ0v) is 35.1. The summed E-state index contributed by atoms with van der Waals surface area (Å²) in [7, 11) is 0. The van der Waals surface area contributed by atoms with Gasteiger partial charge in [0.1, 0.15) is 0 Å². The average Bonchev–Trinajstić information content (AvgIpc) is 3.71. The minimum atomic E-state index is 1.07. The molecule has 0 aliphatic carbocycles. The summed E-state index contributed by atoms with van der Waals surface area (Å²) in [6, 6.07) is 92.9. The second kappa shape index (κ2) is 15.8. The van der Waals surface area contributed by atoms with Gasteiger partial charge in [0.25, 0.3) is 0 Å². The summed E-state index contributed by atoms with van der Waals surface area (Å²) in [6.07, 6.45) is 0. The Bertz CT molecular complexity index is 3590. The first-order valence-electron chi connectivity index (χ1n) is 22.0. The summed E-state index contributed by atoms with van der Waals surface area (Å²) in [6.45, 7) is 0. The van der Waals surface area contributed by atoms with Crippen molar-refractivity contribution in [2.45, 2.75) is 0 Å². The lowest BCUT2D eigenvalue weighted by atomic mass is 9.87. The van der Waals surface area contributed by atoms with E-state index < -0.39 is 0 Å². The van der Waals surface area contributed by atoms with E-state index >= 15 is 0 Å². The number of hydrogen-bond acceptors (Lipinski definition) is 1. The lowest BCUT2D eigenvalue weighted by Crippen LogP contribution is -2.12. The van der Waals surface area contributed by atoms with Gasteiger partial charge in [-0.3, -0.25) is 0 Å². The molecule has 0 unspecified atom stereocenters. The Balaban J connectivity index is 1.11. The molecule has 0 amide bonds. The fraction of sp³-hybridized carbons (Fsp3) is 0. The number of rotatable bonds is 8. The highest BCUT2D eigenvalue weighted by atomic mass is 15.1. The molecule has 0 bridgehead atoms. The third kappa shape index (κ3) is 6.44. The normalized spacial score (nSPS) is 11.4. The van der Waals surface area contributed by atoms with Gasteiger partial charge in [-0.1, -0.05) is 188 Å². The van der Waals surface area contributed by atoms with Crippen molar-refractivity contribution in [2.75, 3.05) is 4.90 Å². The largest absolute Gasteiger partial charge is 0.310 e. The monoisotopic (exact) mass is 814 g/mol. The molecule has 0 radical (unpaired) electrons. The van der Waals surface area contributed by atoms with E-state index in [1.54, 1.807) is 0 Å². The maximum Gasteiger partial charge on any atom is 0.0546 e.